The number of amides is 1. The van der Waals surface area contributed by atoms with Crippen molar-refractivity contribution in [2.45, 2.75) is 19.1 Å². The number of carbonyl (C=O) groups excluding carboxylic acids is 2. The molecule has 1 amide bonds. The summed E-state index contributed by atoms with van der Waals surface area (Å²) in [5.74, 6) is -0.470. The fourth-order valence-electron chi connectivity index (χ4n) is 1.39. The molecule has 1 aliphatic heterocycles. The van der Waals surface area contributed by atoms with Crippen LogP contribution in [-0.2, 0) is 20.9 Å². The molecule has 1 atom stereocenters. The highest BCUT2D eigenvalue weighted by Gasteiger charge is 2.41. The number of hydrogen-bond donors (Lipinski definition) is 0. The van der Waals surface area contributed by atoms with Crippen LogP contribution in [0.3, 0.4) is 0 Å². The van der Waals surface area contributed by atoms with Crippen LogP contribution in [-0.4, -0.2) is 21.8 Å². The molecule has 1 saturated heterocycles. The molecule has 1 fully saturated rings. The van der Waals surface area contributed by atoms with Crippen LogP contribution in [0.2, 0.25) is 0 Å². The molecule has 1 heterocycles. The molecule has 0 saturated carbocycles. The first kappa shape index (κ1) is 11.1. The predicted molar refractivity (Wildman–Crippen MR) is 60.4 cm³/mol. The number of halogens is 1. The molecule has 16 heavy (non-hydrogen) atoms. The minimum Gasteiger partial charge on any atom is -0.459 e. The largest absolute Gasteiger partial charge is 0.459 e. The number of rotatable bonds is 3. The van der Waals surface area contributed by atoms with Crippen molar-refractivity contribution in [2.24, 2.45) is 0 Å². The standard InChI is InChI=1S/C11H10BrNO3/c12-13-9(6-10(13)14)11(15)16-7-8-4-2-1-3-5-8/h1-5,9H,6-7H2. The maximum atomic E-state index is 11.5. The van der Waals surface area contributed by atoms with Gasteiger partial charge < -0.3 is 4.74 Å². The highest BCUT2D eigenvalue weighted by atomic mass is 79.9. The summed E-state index contributed by atoms with van der Waals surface area (Å²) in [6, 6.07) is 8.95. The van der Waals surface area contributed by atoms with Crippen LogP contribution in [0.5, 0.6) is 0 Å². The van der Waals surface area contributed by atoms with E-state index < -0.39 is 6.04 Å². The Labute approximate surface area is 102 Å². The number of β-lactam (4-membered cyclic amide) rings is 1. The Bertz CT molecular complexity index is 407. The molecule has 0 spiro atoms. The molecule has 1 aromatic rings. The number of esters is 1. The van der Waals surface area contributed by atoms with Gasteiger partial charge in [-0.3, -0.25) is 8.72 Å². The van der Waals surface area contributed by atoms with Gasteiger partial charge in [0.05, 0.1) is 22.6 Å². The number of benzene rings is 1. The van der Waals surface area contributed by atoms with Crippen molar-refractivity contribution < 1.29 is 14.3 Å². The van der Waals surface area contributed by atoms with Gasteiger partial charge in [-0.1, -0.05) is 30.3 Å². The first-order valence-corrected chi connectivity index (χ1v) is 5.58. The molecule has 0 radical (unpaired) electrons. The van der Waals surface area contributed by atoms with Crippen LogP contribution >= 0.6 is 16.1 Å². The molecular weight excluding hydrogens is 274 g/mol. The van der Waals surface area contributed by atoms with Gasteiger partial charge in [0.25, 0.3) is 0 Å². The first-order valence-electron chi connectivity index (χ1n) is 4.87. The van der Waals surface area contributed by atoms with Crippen LogP contribution in [0.15, 0.2) is 30.3 Å². The fourth-order valence-corrected chi connectivity index (χ4v) is 1.85. The van der Waals surface area contributed by atoms with E-state index >= 15 is 0 Å². The Balaban J connectivity index is 1.83. The van der Waals surface area contributed by atoms with Crippen LogP contribution in [0.25, 0.3) is 0 Å². The smallest absolute Gasteiger partial charge is 0.330 e. The van der Waals surface area contributed by atoms with Crippen molar-refractivity contribution >= 4 is 28.0 Å². The predicted octanol–water partition coefficient (Wildman–Crippen LogP) is 1.64. The topological polar surface area (TPSA) is 46.6 Å². The Kier molecular flexibility index (Phi) is 3.24. The van der Waals surface area contributed by atoms with Gasteiger partial charge in [0.2, 0.25) is 5.91 Å². The van der Waals surface area contributed by atoms with Gasteiger partial charge in [-0.15, -0.1) is 0 Å². The monoisotopic (exact) mass is 283 g/mol. The highest BCUT2D eigenvalue weighted by Crippen LogP contribution is 2.24. The van der Waals surface area contributed by atoms with Crippen molar-refractivity contribution in [3.05, 3.63) is 35.9 Å². The zero-order valence-electron chi connectivity index (χ0n) is 8.43. The number of hydrogen-bond acceptors (Lipinski definition) is 3. The van der Waals surface area contributed by atoms with Crippen LogP contribution in [0.4, 0.5) is 0 Å². The lowest BCUT2D eigenvalue weighted by molar-refractivity contribution is -0.159. The van der Waals surface area contributed by atoms with Gasteiger partial charge in [-0.05, 0) is 5.56 Å². The maximum absolute atomic E-state index is 11.5. The van der Waals surface area contributed by atoms with Crippen molar-refractivity contribution in [3.8, 4) is 0 Å². The summed E-state index contributed by atoms with van der Waals surface area (Å²) < 4.78 is 6.31. The van der Waals surface area contributed by atoms with Gasteiger partial charge in [0.15, 0.2) is 0 Å². The van der Waals surface area contributed by atoms with Crippen molar-refractivity contribution in [1.29, 1.82) is 0 Å². The zero-order valence-corrected chi connectivity index (χ0v) is 10.0. The third kappa shape index (κ3) is 2.24. The molecule has 0 bridgehead atoms. The lowest BCUT2D eigenvalue weighted by Crippen LogP contribution is -2.51. The van der Waals surface area contributed by atoms with Crippen molar-refractivity contribution in [1.82, 2.24) is 3.93 Å². The van der Waals surface area contributed by atoms with E-state index in [0.717, 1.165) is 5.56 Å². The van der Waals surface area contributed by atoms with Crippen molar-refractivity contribution in [3.63, 3.8) is 0 Å². The molecule has 1 aliphatic rings. The Hall–Kier alpha value is -1.36. The quantitative estimate of drug-likeness (QED) is 0.481. The SMILES string of the molecule is O=C(OCc1ccccc1)C1CC(=O)N1Br. The van der Waals surface area contributed by atoms with Gasteiger partial charge in [0, 0.05) is 0 Å². The average molecular weight is 284 g/mol. The molecule has 4 nitrogen and oxygen atoms in total. The molecule has 1 aromatic carbocycles. The van der Waals surface area contributed by atoms with Gasteiger partial charge in [-0.25, -0.2) is 4.79 Å². The molecule has 5 heteroatoms. The van der Waals surface area contributed by atoms with Crippen LogP contribution in [0.1, 0.15) is 12.0 Å². The molecule has 1 unspecified atom stereocenters. The molecule has 2 rings (SSSR count). The molecule has 84 valence electrons. The Morgan fingerprint density at radius 3 is 2.69 bits per heavy atom. The Morgan fingerprint density at radius 2 is 2.12 bits per heavy atom. The second kappa shape index (κ2) is 4.65. The van der Waals surface area contributed by atoms with E-state index in [4.69, 9.17) is 4.74 Å². The summed E-state index contributed by atoms with van der Waals surface area (Å²) in [6.45, 7) is 0.241. The normalized spacial score (nSPS) is 19.2. The number of nitrogens with zero attached hydrogens (tertiary/aromatic N) is 1. The highest BCUT2D eigenvalue weighted by molar-refractivity contribution is 9.07. The second-order valence-corrected chi connectivity index (χ2v) is 4.28. The fraction of sp³-hybridized carbons (Fsp3) is 0.273. The number of carbonyl (C=O) groups is 2. The van der Waals surface area contributed by atoms with E-state index in [1.807, 2.05) is 30.3 Å². The molecule has 0 N–H and O–H groups in total. The molecule has 0 aliphatic carbocycles. The summed E-state index contributed by atoms with van der Waals surface area (Å²) in [5.41, 5.74) is 0.933. The summed E-state index contributed by atoms with van der Waals surface area (Å²) in [5, 5.41) is 0. The second-order valence-electron chi connectivity index (χ2n) is 3.52. The summed E-state index contributed by atoms with van der Waals surface area (Å²) >= 11 is 3.00. The van der Waals surface area contributed by atoms with Gasteiger partial charge in [0.1, 0.15) is 12.6 Å². The minimum absolute atomic E-state index is 0.0957. The summed E-state index contributed by atoms with van der Waals surface area (Å²) in [4.78, 5) is 22.4. The van der Waals surface area contributed by atoms with Gasteiger partial charge >= 0.3 is 5.97 Å². The van der Waals surface area contributed by atoms with Crippen LogP contribution < -0.4 is 0 Å². The molecular formula is C11H10BrNO3. The van der Waals surface area contributed by atoms with Gasteiger partial charge in [-0.2, -0.15) is 0 Å². The van der Waals surface area contributed by atoms with Crippen molar-refractivity contribution in [2.75, 3.05) is 0 Å². The van der Waals surface area contributed by atoms with E-state index in [1.54, 1.807) is 0 Å². The third-order valence-electron chi connectivity index (χ3n) is 2.38. The number of ether oxygens (including phenoxy) is 1. The third-order valence-corrected chi connectivity index (χ3v) is 3.27. The maximum Gasteiger partial charge on any atom is 0.330 e. The first-order chi connectivity index (χ1) is 7.68. The Morgan fingerprint density at radius 1 is 1.44 bits per heavy atom. The lowest BCUT2D eigenvalue weighted by atomic mass is 10.1. The van der Waals surface area contributed by atoms with E-state index in [1.165, 1.54) is 3.93 Å². The lowest BCUT2D eigenvalue weighted by Gasteiger charge is -2.32. The summed E-state index contributed by atoms with van der Waals surface area (Å²) in [6.07, 6.45) is 0.221. The van der Waals surface area contributed by atoms with E-state index in [-0.39, 0.29) is 24.9 Å². The summed E-state index contributed by atoms with van der Waals surface area (Å²) in [7, 11) is 0. The van der Waals surface area contributed by atoms with Crippen LogP contribution in [0, 0.1) is 0 Å². The van der Waals surface area contributed by atoms with E-state index in [2.05, 4.69) is 16.1 Å². The average Bonchev–Trinajstić information content (AvgIpc) is 2.33. The zero-order chi connectivity index (χ0) is 11.5. The van der Waals surface area contributed by atoms with E-state index in [0.29, 0.717) is 0 Å². The minimum atomic E-state index is -0.476. The van der Waals surface area contributed by atoms with E-state index in [9.17, 15) is 9.59 Å². The molecule has 0 aromatic heterocycles.